The second kappa shape index (κ2) is 4.10. The van der Waals surface area contributed by atoms with Crippen LogP contribution in [0.15, 0.2) is 36.7 Å². The topological polar surface area (TPSA) is 68.1 Å². The monoisotopic (exact) mass is 216 g/mol. The molecule has 1 aromatic carbocycles. The molecule has 1 aromatic heterocycles. The van der Waals surface area contributed by atoms with Crippen molar-refractivity contribution in [2.75, 3.05) is 5.73 Å². The van der Waals surface area contributed by atoms with Crippen LogP contribution in [0.5, 0.6) is 5.75 Å². The van der Waals surface area contributed by atoms with Gasteiger partial charge >= 0.3 is 5.97 Å². The van der Waals surface area contributed by atoms with Crippen molar-refractivity contribution in [3.05, 3.63) is 47.8 Å². The van der Waals surface area contributed by atoms with E-state index in [1.165, 1.54) is 0 Å². The average molecular weight is 216 g/mol. The van der Waals surface area contributed by atoms with Crippen molar-refractivity contribution < 1.29 is 9.53 Å². The summed E-state index contributed by atoms with van der Waals surface area (Å²) in [6, 6.07) is 6.85. The molecule has 0 saturated carbocycles. The molecule has 0 aliphatic heterocycles. The summed E-state index contributed by atoms with van der Waals surface area (Å²) >= 11 is 0. The zero-order valence-corrected chi connectivity index (χ0v) is 8.86. The third-order valence-corrected chi connectivity index (χ3v) is 2.12. The maximum atomic E-state index is 11.6. The molecule has 4 nitrogen and oxygen atoms in total. The number of nitrogens with one attached hydrogen (secondary N) is 1. The van der Waals surface area contributed by atoms with Gasteiger partial charge in [0.25, 0.3) is 0 Å². The van der Waals surface area contributed by atoms with Gasteiger partial charge in [0.15, 0.2) is 0 Å². The Balaban J connectivity index is 2.18. The molecule has 3 N–H and O–H groups in total. The highest BCUT2D eigenvalue weighted by molar-refractivity contribution is 5.90. The van der Waals surface area contributed by atoms with Gasteiger partial charge in [-0.3, -0.25) is 0 Å². The number of anilines is 1. The van der Waals surface area contributed by atoms with Gasteiger partial charge in [-0.25, -0.2) is 4.79 Å². The number of carbonyl (C=O) groups is 1. The number of nitrogens with two attached hydrogens (primary N) is 1. The summed E-state index contributed by atoms with van der Waals surface area (Å²) in [4.78, 5) is 14.4. The number of hydrogen-bond acceptors (Lipinski definition) is 3. The zero-order valence-electron chi connectivity index (χ0n) is 8.86. The van der Waals surface area contributed by atoms with E-state index >= 15 is 0 Å². The zero-order chi connectivity index (χ0) is 11.5. The number of hydrogen-bond donors (Lipinski definition) is 2. The lowest BCUT2D eigenvalue weighted by Crippen LogP contribution is -2.07. The summed E-state index contributed by atoms with van der Waals surface area (Å²) < 4.78 is 5.18. The van der Waals surface area contributed by atoms with Crippen molar-refractivity contribution in [1.29, 1.82) is 0 Å². The predicted molar refractivity (Wildman–Crippen MR) is 61.3 cm³/mol. The van der Waals surface area contributed by atoms with E-state index in [-0.39, 0.29) is 0 Å². The molecule has 1 heterocycles. The summed E-state index contributed by atoms with van der Waals surface area (Å²) in [6.45, 7) is 1.89. The Morgan fingerprint density at radius 3 is 2.81 bits per heavy atom. The van der Waals surface area contributed by atoms with Crippen LogP contribution < -0.4 is 10.5 Å². The molecular weight excluding hydrogens is 204 g/mol. The van der Waals surface area contributed by atoms with E-state index in [0.29, 0.717) is 17.0 Å². The molecule has 82 valence electrons. The Morgan fingerprint density at radius 2 is 2.19 bits per heavy atom. The molecule has 0 aliphatic rings. The predicted octanol–water partition coefficient (Wildman–Crippen LogP) is 2.12. The van der Waals surface area contributed by atoms with Crippen molar-refractivity contribution in [1.82, 2.24) is 4.98 Å². The van der Waals surface area contributed by atoms with Gasteiger partial charge in [0, 0.05) is 24.1 Å². The number of ether oxygens (including phenoxy) is 1. The molecule has 0 unspecified atom stereocenters. The van der Waals surface area contributed by atoms with Gasteiger partial charge < -0.3 is 15.5 Å². The highest BCUT2D eigenvalue weighted by Crippen LogP contribution is 2.19. The number of carbonyl (C=O) groups excluding carboxylic acids is 1. The number of esters is 1. The van der Waals surface area contributed by atoms with E-state index in [4.69, 9.17) is 10.5 Å². The molecule has 0 saturated heterocycles. The van der Waals surface area contributed by atoms with E-state index in [9.17, 15) is 4.79 Å². The number of rotatable bonds is 2. The van der Waals surface area contributed by atoms with Gasteiger partial charge in [-0.2, -0.15) is 0 Å². The minimum atomic E-state index is -0.397. The van der Waals surface area contributed by atoms with E-state index < -0.39 is 5.97 Å². The second-order valence-electron chi connectivity index (χ2n) is 3.57. The van der Waals surface area contributed by atoms with Crippen molar-refractivity contribution in [3.8, 4) is 5.75 Å². The molecule has 0 atom stereocenters. The van der Waals surface area contributed by atoms with E-state index in [1.807, 2.05) is 13.0 Å². The number of H-pyrrole nitrogens is 1. The summed E-state index contributed by atoms with van der Waals surface area (Å²) in [6.07, 6.45) is 3.25. The third kappa shape index (κ3) is 2.23. The van der Waals surface area contributed by atoms with Crippen LogP contribution >= 0.6 is 0 Å². The molecule has 0 bridgehead atoms. The van der Waals surface area contributed by atoms with E-state index in [1.54, 1.807) is 30.6 Å². The van der Waals surface area contributed by atoms with Crippen LogP contribution in [0.3, 0.4) is 0 Å². The SMILES string of the molecule is Cc1cc(N)cc(OC(=O)c2cc[nH]c2)c1. The lowest BCUT2D eigenvalue weighted by molar-refractivity contribution is 0.0735. The van der Waals surface area contributed by atoms with Crippen LogP contribution in [0.4, 0.5) is 5.69 Å². The first-order chi connectivity index (χ1) is 7.65. The number of nitrogen functional groups attached to an aromatic ring is 1. The molecule has 0 fully saturated rings. The first kappa shape index (κ1) is 10.3. The van der Waals surface area contributed by atoms with E-state index in [0.717, 1.165) is 5.56 Å². The standard InChI is InChI=1S/C12H12N2O2/c1-8-4-10(13)6-11(5-8)16-12(15)9-2-3-14-7-9/h2-7,14H,13H2,1H3. The fraction of sp³-hybridized carbons (Fsp3) is 0.0833. The van der Waals surface area contributed by atoms with Crippen molar-refractivity contribution in [2.45, 2.75) is 6.92 Å². The first-order valence-corrected chi connectivity index (χ1v) is 4.87. The van der Waals surface area contributed by atoms with Crippen LogP contribution in [0.25, 0.3) is 0 Å². The van der Waals surface area contributed by atoms with Crippen LogP contribution in [0.1, 0.15) is 15.9 Å². The lowest BCUT2D eigenvalue weighted by atomic mass is 10.2. The van der Waals surface area contributed by atoms with Gasteiger partial charge in [0.05, 0.1) is 5.56 Å². The highest BCUT2D eigenvalue weighted by Gasteiger charge is 2.08. The maximum Gasteiger partial charge on any atom is 0.345 e. The molecular formula is C12H12N2O2. The fourth-order valence-corrected chi connectivity index (χ4v) is 1.45. The van der Waals surface area contributed by atoms with Gasteiger partial charge in [0.1, 0.15) is 5.75 Å². The second-order valence-corrected chi connectivity index (χ2v) is 3.57. The molecule has 4 heteroatoms. The Labute approximate surface area is 93.0 Å². The maximum absolute atomic E-state index is 11.6. The van der Waals surface area contributed by atoms with Crippen LogP contribution in [-0.2, 0) is 0 Å². The van der Waals surface area contributed by atoms with Crippen LogP contribution in [0, 0.1) is 6.92 Å². The van der Waals surface area contributed by atoms with Crippen molar-refractivity contribution >= 4 is 11.7 Å². The highest BCUT2D eigenvalue weighted by atomic mass is 16.5. The molecule has 0 amide bonds. The normalized spacial score (nSPS) is 10.1. The quantitative estimate of drug-likeness (QED) is 0.459. The van der Waals surface area contributed by atoms with Crippen molar-refractivity contribution in [2.24, 2.45) is 0 Å². The Hall–Kier alpha value is -2.23. The molecule has 16 heavy (non-hydrogen) atoms. The average Bonchev–Trinajstić information content (AvgIpc) is 2.68. The van der Waals surface area contributed by atoms with Gasteiger partial charge in [0.2, 0.25) is 0 Å². The lowest BCUT2D eigenvalue weighted by Gasteiger charge is -2.05. The largest absolute Gasteiger partial charge is 0.423 e. The molecule has 0 aliphatic carbocycles. The Morgan fingerprint density at radius 1 is 1.38 bits per heavy atom. The van der Waals surface area contributed by atoms with Crippen LogP contribution in [-0.4, -0.2) is 11.0 Å². The summed E-state index contributed by atoms with van der Waals surface area (Å²) in [5.41, 5.74) is 7.68. The smallest absolute Gasteiger partial charge is 0.345 e. The Bertz CT molecular complexity index is 483. The summed E-state index contributed by atoms with van der Waals surface area (Å²) in [7, 11) is 0. The molecule has 2 rings (SSSR count). The first-order valence-electron chi connectivity index (χ1n) is 4.87. The van der Waals surface area contributed by atoms with Gasteiger partial charge in [-0.1, -0.05) is 0 Å². The van der Waals surface area contributed by atoms with E-state index in [2.05, 4.69) is 4.98 Å². The number of benzene rings is 1. The summed E-state index contributed by atoms with van der Waals surface area (Å²) in [5.74, 6) is 0.0648. The third-order valence-electron chi connectivity index (χ3n) is 2.12. The number of aromatic amines is 1. The number of aryl methyl sites for hydroxylation is 1. The molecule has 0 spiro atoms. The number of aromatic nitrogens is 1. The van der Waals surface area contributed by atoms with Crippen LogP contribution in [0.2, 0.25) is 0 Å². The fourth-order valence-electron chi connectivity index (χ4n) is 1.45. The summed E-state index contributed by atoms with van der Waals surface area (Å²) in [5, 5.41) is 0. The molecule has 0 radical (unpaired) electrons. The molecule has 2 aromatic rings. The van der Waals surface area contributed by atoms with Crippen molar-refractivity contribution in [3.63, 3.8) is 0 Å². The Kier molecular flexibility index (Phi) is 2.64. The minimum absolute atomic E-state index is 0.397. The van der Waals surface area contributed by atoms with Gasteiger partial charge in [-0.05, 0) is 30.7 Å². The minimum Gasteiger partial charge on any atom is -0.423 e. The van der Waals surface area contributed by atoms with Gasteiger partial charge in [-0.15, -0.1) is 0 Å².